The monoisotopic (exact) mass is 264 g/mol. The van der Waals surface area contributed by atoms with Crippen molar-refractivity contribution < 1.29 is 0 Å². The number of benzene rings is 2. The molecule has 0 saturated carbocycles. The summed E-state index contributed by atoms with van der Waals surface area (Å²) in [6, 6.07) is 16.4. The Morgan fingerprint density at radius 2 is 1.65 bits per heavy atom. The van der Waals surface area contributed by atoms with Crippen LogP contribution >= 0.6 is 0 Å². The third-order valence-electron chi connectivity index (χ3n) is 3.52. The van der Waals surface area contributed by atoms with Gasteiger partial charge in [0.2, 0.25) is 0 Å². The lowest BCUT2D eigenvalue weighted by Crippen LogP contribution is -2.05. The van der Waals surface area contributed by atoms with E-state index in [1.807, 2.05) is 24.3 Å². The molecule has 0 aromatic heterocycles. The lowest BCUT2D eigenvalue weighted by molar-refractivity contribution is 1.05. The minimum atomic E-state index is 0.712. The molecule has 0 unspecified atom stereocenters. The van der Waals surface area contributed by atoms with Crippen LogP contribution in [0, 0.1) is 11.3 Å². The first-order valence-corrected chi connectivity index (χ1v) is 7.12. The van der Waals surface area contributed by atoms with Crippen molar-refractivity contribution in [2.75, 3.05) is 5.32 Å². The maximum Gasteiger partial charge on any atom is 0.0991 e. The van der Waals surface area contributed by atoms with E-state index in [0.29, 0.717) is 5.56 Å². The minimum absolute atomic E-state index is 0.712. The van der Waals surface area contributed by atoms with Crippen molar-refractivity contribution in [3.8, 4) is 6.07 Å². The molecule has 0 atom stereocenters. The standard InChI is InChI=1S/C18H20N2/c1-3-16-9-6-10-17(4-2)18(16)20-13-15-8-5-7-14(11-15)12-19/h5-11,20H,3-4,13H2,1-2H3. The number of rotatable bonds is 5. The van der Waals surface area contributed by atoms with Crippen LogP contribution in [0.1, 0.15) is 36.1 Å². The molecule has 0 saturated heterocycles. The maximum atomic E-state index is 8.94. The normalized spacial score (nSPS) is 10.1. The molecular weight excluding hydrogens is 244 g/mol. The summed E-state index contributed by atoms with van der Waals surface area (Å²) in [5, 5.41) is 12.5. The summed E-state index contributed by atoms with van der Waals surface area (Å²) in [7, 11) is 0. The van der Waals surface area contributed by atoms with Gasteiger partial charge in [0.15, 0.2) is 0 Å². The average molecular weight is 264 g/mol. The van der Waals surface area contributed by atoms with E-state index in [-0.39, 0.29) is 0 Å². The van der Waals surface area contributed by atoms with Crippen molar-refractivity contribution in [2.45, 2.75) is 33.2 Å². The topological polar surface area (TPSA) is 35.8 Å². The molecule has 102 valence electrons. The molecular formula is C18H20N2. The van der Waals surface area contributed by atoms with E-state index in [1.165, 1.54) is 16.8 Å². The van der Waals surface area contributed by atoms with Gasteiger partial charge in [-0.3, -0.25) is 0 Å². The Labute approximate surface area is 121 Å². The first kappa shape index (κ1) is 14.1. The number of nitrogens with zero attached hydrogens (tertiary/aromatic N) is 1. The Hall–Kier alpha value is -2.27. The van der Waals surface area contributed by atoms with E-state index in [2.05, 4.69) is 43.4 Å². The molecule has 0 fully saturated rings. The van der Waals surface area contributed by atoms with Gasteiger partial charge < -0.3 is 5.32 Å². The molecule has 20 heavy (non-hydrogen) atoms. The van der Waals surface area contributed by atoms with Gasteiger partial charge in [0, 0.05) is 12.2 Å². The number of para-hydroxylation sites is 1. The molecule has 2 aromatic rings. The summed E-state index contributed by atoms with van der Waals surface area (Å²) >= 11 is 0. The largest absolute Gasteiger partial charge is 0.381 e. The van der Waals surface area contributed by atoms with Crippen molar-refractivity contribution in [1.82, 2.24) is 0 Å². The number of nitriles is 1. The molecule has 2 heteroatoms. The van der Waals surface area contributed by atoms with E-state index < -0.39 is 0 Å². The molecule has 2 rings (SSSR count). The van der Waals surface area contributed by atoms with Gasteiger partial charge >= 0.3 is 0 Å². The van der Waals surface area contributed by atoms with Crippen LogP contribution in [-0.4, -0.2) is 0 Å². The quantitative estimate of drug-likeness (QED) is 0.874. The summed E-state index contributed by atoms with van der Waals surface area (Å²) in [4.78, 5) is 0. The van der Waals surface area contributed by atoms with Crippen LogP contribution in [-0.2, 0) is 19.4 Å². The molecule has 0 aliphatic rings. The fourth-order valence-corrected chi connectivity index (χ4v) is 2.41. The van der Waals surface area contributed by atoms with Gasteiger partial charge in [-0.05, 0) is 41.7 Å². The van der Waals surface area contributed by atoms with E-state index in [9.17, 15) is 0 Å². The number of nitrogens with one attached hydrogen (secondary N) is 1. The highest BCUT2D eigenvalue weighted by Gasteiger charge is 2.05. The van der Waals surface area contributed by atoms with E-state index in [4.69, 9.17) is 5.26 Å². The van der Waals surface area contributed by atoms with E-state index in [0.717, 1.165) is 24.9 Å². The SMILES string of the molecule is CCc1cccc(CC)c1NCc1cccc(C#N)c1. The number of hydrogen-bond acceptors (Lipinski definition) is 2. The predicted octanol–water partition coefficient (Wildman–Crippen LogP) is 4.30. The van der Waals surface area contributed by atoms with Gasteiger partial charge in [-0.25, -0.2) is 0 Å². The van der Waals surface area contributed by atoms with Crippen LogP contribution in [0.3, 0.4) is 0 Å². The Morgan fingerprint density at radius 3 is 2.25 bits per heavy atom. The highest BCUT2D eigenvalue weighted by molar-refractivity contribution is 5.58. The van der Waals surface area contributed by atoms with Gasteiger partial charge in [-0.2, -0.15) is 5.26 Å². The van der Waals surface area contributed by atoms with Gasteiger partial charge in [-0.1, -0.05) is 44.2 Å². The summed E-state index contributed by atoms with van der Waals surface area (Å²) in [5.74, 6) is 0. The highest BCUT2D eigenvalue weighted by atomic mass is 14.9. The Bertz CT molecular complexity index is 601. The second-order valence-electron chi connectivity index (χ2n) is 4.82. The Kier molecular flexibility index (Phi) is 4.79. The number of aryl methyl sites for hydroxylation is 2. The fraction of sp³-hybridized carbons (Fsp3) is 0.278. The maximum absolute atomic E-state index is 8.94. The van der Waals surface area contributed by atoms with Gasteiger partial charge in [0.25, 0.3) is 0 Å². The first-order valence-electron chi connectivity index (χ1n) is 7.12. The average Bonchev–Trinajstić information content (AvgIpc) is 2.52. The highest BCUT2D eigenvalue weighted by Crippen LogP contribution is 2.23. The second kappa shape index (κ2) is 6.77. The molecule has 2 nitrogen and oxygen atoms in total. The van der Waals surface area contributed by atoms with Crippen LogP contribution in [0.15, 0.2) is 42.5 Å². The summed E-state index contributed by atoms with van der Waals surface area (Å²) in [6.07, 6.45) is 2.04. The van der Waals surface area contributed by atoms with Crippen molar-refractivity contribution >= 4 is 5.69 Å². The summed E-state index contributed by atoms with van der Waals surface area (Å²) in [6.45, 7) is 5.10. The smallest absolute Gasteiger partial charge is 0.0991 e. The first-order chi connectivity index (χ1) is 9.78. The predicted molar refractivity (Wildman–Crippen MR) is 83.7 cm³/mol. The zero-order chi connectivity index (χ0) is 14.4. The lowest BCUT2D eigenvalue weighted by Gasteiger charge is -2.15. The molecule has 0 aliphatic carbocycles. The Balaban J connectivity index is 2.20. The Morgan fingerprint density at radius 1 is 1.00 bits per heavy atom. The van der Waals surface area contributed by atoms with Crippen molar-refractivity contribution in [2.24, 2.45) is 0 Å². The zero-order valence-corrected chi connectivity index (χ0v) is 12.1. The third kappa shape index (κ3) is 3.19. The van der Waals surface area contributed by atoms with E-state index >= 15 is 0 Å². The minimum Gasteiger partial charge on any atom is -0.381 e. The third-order valence-corrected chi connectivity index (χ3v) is 3.52. The van der Waals surface area contributed by atoms with Gasteiger partial charge in [0.1, 0.15) is 0 Å². The molecule has 1 N–H and O–H groups in total. The molecule has 0 radical (unpaired) electrons. The molecule has 0 aliphatic heterocycles. The van der Waals surface area contributed by atoms with Crippen molar-refractivity contribution in [3.63, 3.8) is 0 Å². The van der Waals surface area contributed by atoms with Crippen LogP contribution in [0.25, 0.3) is 0 Å². The molecule has 0 spiro atoms. The van der Waals surface area contributed by atoms with Gasteiger partial charge in [0.05, 0.1) is 11.6 Å². The number of hydrogen-bond donors (Lipinski definition) is 1. The van der Waals surface area contributed by atoms with Gasteiger partial charge in [-0.15, -0.1) is 0 Å². The molecule has 0 heterocycles. The molecule has 0 bridgehead atoms. The fourth-order valence-electron chi connectivity index (χ4n) is 2.41. The number of anilines is 1. The van der Waals surface area contributed by atoms with Crippen LogP contribution in [0.4, 0.5) is 5.69 Å². The zero-order valence-electron chi connectivity index (χ0n) is 12.1. The van der Waals surface area contributed by atoms with E-state index in [1.54, 1.807) is 0 Å². The summed E-state index contributed by atoms with van der Waals surface area (Å²) < 4.78 is 0. The van der Waals surface area contributed by atoms with Crippen molar-refractivity contribution in [3.05, 3.63) is 64.7 Å². The molecule has 2 aromatic carbocycles. The lowest BCUT2D eigenvalue weighted by atomic mass is 10.0. The van der Waals surface area contributed by atoms with Crippen LogP contribution < -0.4 is 5.32 Å². The second-order valence-corrected chi connectivity index (χ2v) is 4.82. The van der Waals surface area contributed by atoms with Crippen molar-refractivity contribution in [1.29, 1.82) is 5.26 Å². The van der Waals surface area contributed by atoms with Crippen LogP contribution in [0.5, 0.6) is 0 Å². The molecule has 0 amide bonds. The summed E-state index contributed by atoms with van der Waals surface area (Å²) in [5.41, 5.74) is 5.79. The van der Waals surface area contributed by atoms with Crippen LogP contribution in [0.2, 0.25) is 0 Å².